The van der Waals surface area contributed by atoms with Gasteiger partial charge >= 0.3 is 5.97 Å². The normalized spacial score (nSPS) is 12.3. The number of hydrogen-bond acceptors (Lipinski definition) is 5. The van der Waals surface area contributed by atoms with E-state index in [1.54, 1.807) is 6.07 Å². The molecule has 0 aliphatic carbocycles. The number of hydrogen-bond donors (Lipinski definition) is 2. The van der Waals surface area contributed by atoms with Crippen LogP contribution in [0.4, 0.5) is 0 Å². The molecule has 1 unspecified atom stereocenters. The second-order valence-corrected chi connectivity index (χ2v) is 4.20. The van der Waals surface area contributed by atoms with E-state index >= 15 is 0 Å². The van der Waals surface area contributed by atoms with E-state index < -0.39 is 5.97 Å². The molecule has 3 N–H and O–H groups in total. The molecule has 0 spiro atoms. The van der Waals surface area contributed by atoms with Gasteiger partial charge in [0.25, 0.3) is 0 Å². The van der Waals surface area contributed by atoms with Crippen LogP contribution < -0.4 is 10.5 Å². The van der Waals surface area contributed by atoms with Gasteiger partial charge in [-0.1, -0.05) is 6.07 Å². The number of benzene rings is 1. The van der Waals surface area contributed by atoms with E-state index in [9.17, 15) is 4.79 Å². The minimum Gasteiger partial charge on any atom is -0.481 e. The number of aromatic nitrogens is 2. The summed E-state index contributed by atoms with van der Waals surface area (Å²) in [5, 5.41) is 8.65. The first kappa shape index (κ1) is 13.2. The molecule has 1 atom stereocenters. The van der Waals surface area contributed by atoms with Crippen LogP contribution in [-0.4, -0.2) is 28.2 Å². The zero-order chi connectivity index (χ0) is 13.8. The molecule has 0 saturated carbocycles. The summed E-state index contributed by atoms with van der Waals surface area (Å²) in [5.74, 6) is -0.392. The van der Waals surface area contributed by atoms with Crippen molar-refractivity contribution in [3.8, 4) is 5.88 Å². The minimum atomic E-state index is -0.847. The third-order valence-corrected chi connectivity index (χ3v) is 2.85. The van der Waals surface area contributed by atoms with Gasteiger partial charge in [0.1, 0.15) is 0 Å². The second-order valence-electron chi connectivity index (χ2n) is 4.20. The molecule has 0 saturated heterocycles. The highest BCUT2D eigenvalue weighted by Crippen LogP contribution is 2.21. The maximum absolute atomic E-state index is 10.5. The predicted molar refractivity (Wildman–Crippen MR) is 69.9 cm³/mol. The van der Waals surface area contributed by atoms with E-state index in [0.717, 1.165) is 5.56 Å². The summed E-state index contributed by atoms with van der Waals surface area (Å²) in [5.41, 5.74) is 8.24. The van der Waals surface area contributed by atoms with Crippen molar-refractivity contribution in [1.82, 2.24) is 9.97 Å². The number of nitrogens with zero attached hydrogens (tertiary/aromatic N) is 2. The maximum Gasteiger partial charge on any atom is 0.303 e. The Bertz CT molecular complexity index is 601. The molecule has 0 aliphatic rings. The van der Waals surface area contributed by atoms with E-state index in [2.05, 4.69) is 9.97 Å². The average Bonchev–Trinajstić information content (AvgIpc) is 2.43. The fourth-order valence-corrected chi connectivity index (χ4v) is 1.79. The van der Waals surface area contributed by atoms with Gasteiger partial charge in [0.2, 0.25) is 5.88 Å². The van der Waals surface area contributed by atoms with Crippen molar-refractivity contribution in [3.63, 3.8) is 0 Å². The lowest BCUT2D eigenvalue weighted by atomic mass is 10.0. The number of fused-ring (bicyclic) bond motifs is 1. The first-order valence-electron chi connectivity index (χ1n) is 5.88. The number of methoxy groups -OCH3 is 1. The fourth-order valence-electron chi connectivity index (χ4n) is 1.79. The van der Waals surface area contributed by atoms with Crippen LogP contribution in [0.25, 0.3) is 11.0 Å². The Kier molecular flexibility index (Phi) is 3.91. The summed E-state index contributed by atoms with van der Waals surface area (Å²) < 4.78 is 5.00. The minimum absolute atomic E-state index is 0.0491. The zero-order valence-electron chi connectivity index (χ0n) is 10.5. The molecule has 6 nitrogen and oxygen atoms in total. The van der Waals surface area contributed by atoms with Crippen LogP contribution in [0.5, 0.6) is 5.88 Å². The molecule has 2 aromatic rings. The van der Waals surface area contributed by atoms with Gasteiger partial charge in [-0.25, -0.2) is 9.97 Å². The first-order valence-corrected chi connectivity index (χ1v) is 5.88. The van der Waals surface area contributed by atoms with Gasteiger partial charge < -0.3 is 15.6 Å². The van der Waals surface area contributed by atoms with Crippen molar-refractivity contribution in [3.05, 3.63) is 30.0 Å². The number of carbonyl (C=O) groups is 1. The SMILES string of the molecule is COc1cnc2cc(C(N)CCC(=O)O)ccc2n1. The first-order chi connectivity index (χ1) is 9.10. The van der Waals surface area contributed by atoms with Crippen LogP contribution in [0.3, 0.4) is 0 Å². The largest absolute Gasteiger partial charge is 0.481 e. The number of carboxylic acids is 1. The van der Waals surface area contributed by atoms with Crippen LogP contribution >= 0.6 is 0 Å². The van der Waals surface area contributed by atoms with Gasteiger partial charge in [-0.05, 0) is 24.1 Å². The summed E-state index contributed by atoms with van der Waals surface area (Å²) in [4.78, 5) is 19.0. The van der Waals surface area contributed by atoms with E-state index in [4.69, 9.17) is 15.6 Å². The molecule has 0 fully saturated rings. The molecule has 19 heavy (non-hydrogen) atoms. The van der Waals surface area contributed by atoms with Crippen molar-refractivity contribution >= 4 is 17.0 Å². The molecule has 1 aromatic carbocycles. The van der Waals surface area contributed by atoms with Gasteiger partial charge in [-0.15, -0.1) is 0 Å². The molecular weight excluding hydrogens is 246 g/mol. The summed E-state index contributed by atoms with van der Waals surface area (Å²) in [6.45, 7) is 0. The van der Waals surface area contributed by atoms with Crippen molar-refractivity contribution in [2.75, 3.05) is 7.11 Å². The van der Waals surface area contributed by atoms with Crippen LogP contribution in [0.15, 0.2) is 24.4 Å². The van der Waals surface area contributed by atoms with Gasteiger partial charge in [0.15, 0.2) is 0 Å². The Morgan fingerprint density at radius 2 is 2.26 bits per heavy atom. The highest BCUT2D eigenvalue weighted by atomic mass is 16.5. The average molecular weight is 261 g/mol. The summed E-state index contributed by atoms with van der Waals surface area (Å²) >= 11 is 0. The Morgan fingerprint density at radius 1 is 1.47 bits per heavy atom. The number of nitrogens with two attached hydrogens (primary N) is 1. The molecule has 0 aliphatic heterocycles. The van der Waals surface area contributed by atoms with E-state index in [-0.39, 0.29) is 12.5 Å². The molecule has 0 amide bonds. The molecule has 0 radical (unpaired) electrons. The Balaban J connectivity index is 2.23. The van der Waals surface area contributed by atoms with E-state index in [1.165, 1.54) is 13.3 Å². The smallest absolute Gasteiger partial charge is 0.303 e. The third-order valence-electron chi connectivity index (χ3n) is 2.85. The third kappa shape index (κ3) is 3.17. The highest BCUT2D eigenvalue weighted by molar-refractivity contribution is 5.75. The lowest BCUT2D eigenvalue weighted by molar-refractivity contribution is -0.137. The van der Waals surface area contributed by atoms with Crippen molar-refractivity contribution in [2.24, 2.45) is 5.73 Å². The van der Waals surface area contributed by atoms with Crippen LogP contribution in [0.2, 0.25) is 0 Å². The van der Waals surface area contributed by atoms with Gasteiger partial charge in [0.05, 0.1) is 24.3 Å². The zero-order valence-corrected chi connectivity index (χ0v) is 10.5. The van der Waals surface area contributed by atoms with Crippen molar-refractivity contribution in [1.29, 1.82) is 0 Å². The van der Waals surface area contributed by atoms with Crippen LogP contribution in [0.1, 0.15) is 24.4 Å². The maximum atomic E-state index is 10.5. The number of aliphatic carboxylic acids is 1. The molecular formula is C13H15N3O3. The summed E-state index contributed by atoms with van der Waals surface area (Å²) in [6.07, 6.45) is 1.98. The summed E-state index contributed by atoms with van der Waals surface area (Å²) in [7, 11) is 1.53. The lowest BCUT2D eigenvalue weighted by Crippen LogP contribution is -2.12. The standard InChI is InChI=1S/C13H15N3O3/c1-19-12-7-15-11-6-8(2-4-10(11)16-12)9(14)3-5-13(17)18/h2,4,6-7,9H,3,5,14H2,1H3,(H,17,18). The van der Waals surface area contributed by atoms with Gasteiger partial charge in [-0.3, -0.25) is 4.79 Å². The molecule has 1 aromatic heterocycles. The quantitative estimate of drug-likeness (QED) is 0.846. The molecule has 0 bridgehead atoms. The van der Waals surface area contributed by atoms with Crippen molar-refractivity contribution in [2.45, 2.75) is 18.9 Å². The highest BCUT2D eigenvalue weighted by Gasteiger charge is 2.10. The van der Waals surface area contributed by atoms with Gasteiger partial charge in [0, 0.05) is 12.5 Å². The number of ether oxygens (including phenoxy) is 1. The van der Waals surface area contributed by atoms with E-state index in [1.807, 2.05) is 12.1 Å². The van der Waals surface area contributed by atoms with Crippen LogP contribution in [0, 0.1) is 0 Å². The molecule has 2 rings (SSSR count). The summed E-state index contributed by atoms with van der Waals surface area (Å²) in [6, 6.07) is 5.15. The molecule has 100 valence electrons. The number of rotatable bonds is 5. The fraction of sp³-hybridized carbons (Fsp3) is 0.308. The Hall–Kier alpha value is -2.21. The topological polar surface area (TPSA) is 98.3 Å². The predicted octanol–water partition coefficient (Wildman–Crippen LogP) is 1.50. The molecule has 1 heterocycles. The van der Waals surface area contributed by atoms with E-state index in [0.29, 0.717) is 23.3 Å². The Morgan fingerprint density at radius 3 is 2.95 bits per heavy atom. The van der Waals surface area contributed by atoms with Crippen LogP contribution in [-0.2, 0) is 4.79 Å². The Labute approximate surface area is 110 Å². The van der Waals surface area contributed by atoms with Gasteiger partial charge in [-0.2, -0.15) is 0 Å². The number of carboxylic acid groups (broad SMARTS) is 1. The molecule has 6 heteroatoms. The lowest BCUT2D eigenvalue weighted by Gasteiger charge is -2.11. The van der Waals surface area contributed by atoms with Crippen molar-refractivity contribution < 1.29 is 14.6 Å². The monoisotopic (exact) mass is 261 g/mol. The second kappa shape index (κ2) is 5.62.